The Kier molecular flexibility index (Phi) is 4.67. The van der Waals surface area contributed by atoms with Gasteiger partial charge >= 0.3 is 5.76 Å². The first kappa shape index (κ1) is 18.9. The summed E-state index contributed by atoms with van der Waals surface area (Å²) < 4.78 is 13.9. The number of hydrogen-bond donors (Lipinski definition) is 0. The maximum absolute atomic E-state index is 12.8. The van der Waals surface area contributed by atoms with Crippen molar-refractivity contribution < 1.29 is 9.15 Å². The Hall–Kier alpha value is -4.06. The van der Waals surface area contributed by atoms with Crippen LogP contribution in [0.25, 0.3) is 21.9 Å². The molecule has 0 spiro atoms. The van der Waals surface area contributed by atoms with Crippen molar-refractivity contribution in [2.45, 2.75) is 13.1 Å². The molecule has 0 aliphatic rings. The minimum Gasteiger partial charge on any atom is -0.497 e. The van der Waals surface area contributed by atoms with Gasteiger partial charge in [0.25, 0.3) is 5.56 Å². The van der Waals surface area contributed by atoms with Gasteiger partial charge in [-0.1, -0.05) is 36.4 Å². The van der Waals surface area contributed by atoms with Gasteiger partial charge in [-0.15, -0.1) is 0 Å². The fraction of sp³-hybridized carbons (Fsp3) is 0.120. The Labute approximate surface area is 177 Å². The van der Waals surface area contributed by atoms with E-state index in [2.05, 4.69) is 0 Å². The van der Waals surface area contributed by atoms with Gasteiger partial charge in [-0.25, -0.2) is 4.79 Å². The van der Waals surface area contributed by atoms with Crippen LogP contribution in [-0.4, -0.2) is 16.2 Å². The fourth-order valence-corrected chi connectivity index (χ4v) is 3.82. The number of hydrogen-bond acceptors (Lipinski definition) is 4. The first-order valence-electron chi connectivity index (χ1n) is 9.96. The summed E-state index contributed by atoms with van der Waals surface area (Å²) in [6.45, 7) is 0.798. The van der Waals surface area contributed by atoms with E-state index in [1.165, 1.54) is 0 Å². The van der Waals surface area contributed by atoms with Crippen molar-refractivity contribution in [2.24, 2.45) is 0 Å². The largest absolute Gasteiger partial charge is 0.497 e. The number of fused-ring (bicyclic) bond motifs is 2. The zero-order valence-corrected chi connectivity index (χ0v) is 16.9. The van der Waals surface area contributed by atoms with E-state index in [1.807, 2.05) is 72.8 Å². The molecule has 3 aromatic carbocycles. The third kappa shape index (κ3) is 3.53. The van der Waals surface area contributed by atoms with Crippen molar-refractivity contribution in [1.82, 2.24) is 9.13 Å². The van der Waals surface area contributed by atoms with Crippen molar-refractivity contribution >= 4 is 21.9 Å². The number of oxazole rings is 1. The maximum atomic E-state index is 12.8. The van der Waals surface area contributed by atoms with E-state index in [1.54, 1.807) is 22.4 Å². The lowest BCUT2D eigenvalue weighted by molar-refractivity contribution is 0.414. The van der Waals surface area contributed by atoms with Crippen LogP contribution >= 0.6 is 0 Å². The van der Waals surface area contributed by atoms with Crippen LogP contribution in [0, 0.1) is 0 Å². The number of benzene rings is 3. The van der Waals surface area contributed by atoms with Gasteiger partial charge in [0.05, 0.1) is 25.7 Å². The lowest BCUT2D eigenvalue weighted by atomic mass is 10.1. The minimum atomic E-state index is -0.411. The molecule has 0 unspecified atom stereocenters. The van der Waals surface area contributed by atoms with E-state index in [-0.39, 0.29) is 5.56 Å². The molecule has 6 heteroatoms. The highest BCUT2D eigenvalue weighted by Crippen LogP contribution is 2.19. The zero-order chi connectivity index (χ0) is 21.4. The second-order valence-electron chi connectivity index (χ2n) is 7.44. The standard InChI is InChI=1S/C25H20N2O4/c1-30-20-9-6-17(7-10-20)16-27-22-11-8-18(14-23(22)31-25(27)29)15-26-13-12-19-4-2-3-5-21(19)24(26)28/h2-14H,15-16H2,1H3. The van der Waals surface area contributed by atoms with Crippen LogP contribution in [0.15, 0.2) is 93.0 Å². The molecule has 0 aliphatic heterocycles. The van der Waals surface area contributed by atoms with E-state index in [4.69, 9.17) is 9.15 Å². The topological polar surface area (TPSA) is 66.4 Å². The zero-order valence-electron chi connectivity index (χ0n) is 16.9. The first-order chi connectivity index (χ1) is 15.1. The molecule has 31 heavy (non-hydrogen) atoms. The van der Waals surface area contributed by atoms with E-state index in [0.29, 0.717) is 24.1 Å². The number of ether oxygens (including phenoxy) is 1. The molecule has 0 fully saturated rings. The van der Waals surface area contributed by atoms with Crippen molar-refractivity contribution in [3.8, 4) is 5.75 Å². The molecule has 0 saturated carbocycles. The summed E-state index contributed by atoms with van der Waals surface area (Å²) in [7, 11) is 1.62. The fourth-order valence-electron chi connectivity index (χ4n) is 3.82. The summed E-state index contributed by atoms with van der Waals surface area (Å²) in [6, 6.07) is 22.6. The van der Waals surface area contributed by atoms with Gasteiger partial charge in [-0.3, -0.25) is 9.36 Å². The van der Waals surface area contributed by atoms with Crippen LogP contribution in [0.5, 0.6) is 5.75 Å². The van der Waals surface area contributed by atoms with Crippen molar-refractivity contribution in [3.63, 3.8) is 0 Å². The number of aromatic nitrogens is 2. The van der Waals surface area contributed by atoms with Crippen molar-refractivity contribution in [3.05, 3.63) is 111 Å². The smallest absolute Gasteiger partial charge is 0.420 e. The molecule has 5 aromatic rings. The molecule has 0 N–H and O–H groups in total. The Morgan fingerprint density at radius 2 is 1.65 bits per heavy atom. The van der Waals surface area contributed by atoms with Crippen LogP contribution in [0.3, 0.4) is 0 Å². The normalized spacial score (nSPS) is 11.3. The Morgan fingerprint density at radius 3 is 2.45 bits per heavy atom. The van der Waals surface area contributed by atoms with E-state index in [9.17, 15) is 9.59 Å². The Bertz CT molecular complexity index is 1510. The quantitative estimate of drug-likeness (QED) is 0.437. The van der Waals surface area contributed by atoms with Gasteiger partial charge in [0.1, 0.15) is 5.75 Å². The molecular weight excluding hydrogens is 392 g/mol. The van der Waals surface area contributed by atoms with Gasteiger partial charge in [0.15, 0.2) is 5.58 Å². The van der Waals surface area contributed by atoms with Crippen molar-refractivity contribution in [1.29, 1.82) is 0 Å². The van der Waals surface area contributed by atoms with Crippen LogP contribution in [0.2, 0.25) is 0 Å². The highest BCUT2D eigenvalue weighted by molar-refractivity contribution is 5.81. The van der Waals surface area contributed by atoms with Gasteiger partial charge in [-0.05, 0) is 52.9 Å². The second-order valence-corrected chi connectivity index (χ2v) is 7.44. The lowest BCUT2D eigenvalue weighted by Crippen LogP contribution is -2.19. The number of nitrogens with zero attached hydrogens (tertiary/aromatic N) is 2. The maximum Gasteiger partial charge on any atom is 0.420 e. The molecule has 5 rings (SSSR count). The predicted octanol–water partition coefficient (Wildman–Crippen LogP) is 4.01. The van der Waals surface area contributed by atoms with Crippen LogP contribution < -0.4 is 16.1 Å². The molecular formula is C25H20N2O4. The molecule has 0 aliphatic carbocycles. The van der Waals surface area contributed by atoms with Gasteiger partial charge in [-0.2, -0.15) is 0 Å². The summed E-state index contributed by atoms with van der Waals surface area (Å²) in [6.07, 6.45) is 1.79. The number of pyridine rings is 1. The summed E-state index contributed by atoms with van der Waals surface area (Å²) >= 11 is 0. The third-order valence-corrected chi connectivity index (χ3v) is 5.47. The molecule has 0 amide bonds. The van der Waals surface area contributed by atoms with Gasteiger partial charge < -0.3 is 13.7 Å². The van der Waals surface area contributed by atoms with Gasteiger partial charge in [0, 0.05) is 11.6 Å². The Morgan fingerprint density at radius 1 is 0.871 bits per heavy atom. The summed E-state index contributed by atoms with van der Waals surface area (Å²) in [5.74, 6) is 0.354. The van der Waals surface area contributed by atoms with Gasteiger partial charge in [0.2, 0.25) is 0 Å². The molecule has 0 saturated heterocycles. The lowest BCUT2D eigenvalue weighted by Gasteiger charge is -2.08. The van der Waals surface area contributed by atoms with E-state index in [0.717, 1.165) is 27.8 Å². The highest BCUT2D eigenvalue weighted by Gasteiger charge is 2.11. The molecule has 0 atom stereocenters. The van der Waals surface area contributed by atoms with E-state index >= 15 is 0 Å². The van der Waals surface area contributed by atoms with E-state index < -0.39 is 5.76 Å². The molecule has 2 aromatic heterocycles. The highest BCUT2D eigenvalue weighted by atomic mass is 16.5. The average molecular weight is 412 g/mol. The van der Waals surface area contributed by atoms with Crippen LogP contribution in [-0.2, 0) is 13.1 Å². The first-order valence-corrected chi connectivity index (χ1v) is 9.96. The monoisotopic (exact) mass is 412 g/mol. The number of methoxy groups -OCH3 is 1. The molecule has 154 valence electrons. The van der Waals surface area contributed by atoms with Crippen molar-refractivity contribution in [2.75, 3.05) is 7.11 Å². The average Bonchev–Trinajstić information content (AvgIpc) is 3.10. The second kappa shape index (κ2) is 7.65. The summed E-state index contributed by atoms with van der Waals surface area (Å²) in [5, 5.41) is 1.60. The number of rotatable bonds is 5. The summed E-state index contributed by atoms with van der Waals surface area (Å²) in [4.78, 5) is 25.2. The molecule has 2 heterocycles. The summed E-state index contributed by atoms with van der Waals surface area (Å²) in [5.41, 5.74) is 3.03. The van der Waals surface area contributed by atoms with Crippen LogP contribution in [0.4, 0.5) is 0 Å². The predicted molar refractivity (Wildman–Crippen MR) is 120 cm³/mol. The van der Waals surface area contributed by atoms with Crippen LogP contribution in [0.1, 0.15) is 11.1 Å². The minimum absolute atomic E-state index is 0.0447. The Balaban J connectivity index is 1.46. The molecule has 6 nitrogen and oxygen atoms in total. The molecule has 0 bridgehead atoms. The SMILES string of the molecule is COc1ccc(Cn2c(=O)oc3cc(Cn4ccc5ccccc5c4=O)ccc32)cc1. The molecule has 0 radical (unpaired) electrons. The third-order valence-electron chi connectivity index (χ3n) is 5.47.